The van der Waals surface area contributed by atoms with Crippen molar-refractivity contribution in [3.05, 3.63) is 56.7 Å². The Bertz CT molecular complexity index is 962. The first-order valence-corrected chi connectivity index (χ1v) is 6.38. The fourth-order valence-electron chi connectivity index (χ4n) is 2.53. The van der Waals surface area contributed by atoms with Crippen LogP contribution in [-0.2, 0) is 14.1 Å². The molecular weight excluding hydrogens is 270 g/mol. The second-order valence-electron chi connectivity index (χ2n) is 4.83. The number of carbonyl (C=O) groups excluding carboxylic acids is 1. The van der Waals surface area contributed by atoms with Crippen LogP contribution in [0.5, 0.6) is 0 Å². The number of aromatic nitrogens is 3. The number of H-pyrrole nitrogens is 1. The van der Waals surface area contributed by atoms with E-state index in [4.69, 9.17) is 0 Å². The predicted molar refractivity (Wildman–Crippen MR) is 79.6 cm³/mol. The molecule has 0 radical (unpaired) electrons. The minimum absolute atomic E-state index is 0.251. The molecule has 0 aliphatic rings. The maximum Gasteiger partial charge on any atom is 0.331 e. The maximum atomic E-state index is 12.2. The van der Waals surface area contributed by atoms with Crippen LogP contribution in [0, 0.1) is 0 Å². The van der Waals surface area contributed by atoms with Gasteiger partial charge in [-0.05, 0) is 5.56 Å². The third kappa shape index (κ3) is 1.76. The first kappa shape index (κ1) is 13.1. The van der Waals surface area contributed by atoms with Crippen molar-refractivity contribution in [1.29, 1.82) is 0 Å². The molecule has 1 aromatic carbocycles. The molecule has 0 unspecified atom stereocenters. The lowest BCUT2D eigenvalue weighted by Gasteiger charge is -2.03. The molecule has 3 rings (SSSR count). The summed E-state index contributed by atoms with van der Waals surface area (Å²) in [7, 11) is 2.95. The SMILES string of the molecule is Cn1c(=O)c2[nH]c(-c3ccccc3)c(C=O)c2n(C)c1=O. The third-order valence-electron chi connectivity index (χ3n) is 3.62. The van der Waals surface area contributed by atoms with Crippen molar-refractivity contribution >= 4 is 17.3 Å². The number of hydrogen-bond donors (Lipinski definition) is 1. The lowest BCUT2D eigenvalue weighted by molar-refractivity contribution is 0.112. The summed E-state index contributed by atoms with van der Waals surface area (Å²) in [4.78, 5) is 38.7. The van der Waals surface area contributed by atoms with E-state index in [1.54, 1.807) is 7.05 Å². The van der Waals surface area contributed by atoms with Crippen molar-refractivity contribution in [2.75, 3.05) is 0 Å². The van der Waals surface area contributed by atoms with Gasteiger partial charge in [0.15, 0.2) is 6.29 Å². The Kier molecular flexibility index (Phi) is 2.86. The first-order chi connectivity index (χ1) is 10.1. The average molecular weight is 283 g/mol. The zero-order valence-electron chi connectivity index (χ0n) is 11.6. The van der Waals surface area contributed by atoms with E-state index in [0.717, 1.165) is 10.1 Å². The highest BCUT2D eigenvalue weighted by atomic mass is 16.2. The summed E-state index contributed by atoms with van der Waals surface area (Å²) in [5, 5.41) is 0. The number of nitrogens with zero attached hydrogens (tertiary/aromatic N) is 2. The quantitative estimate of drug-likeness (QED) is 0.714. The van der Waals surface area contributed by atoms with Gasteiger partial charge in [0.25, 0.3) is 5.56 Å². The molecule has 0 aliphatic carbocycles. The van der Waals surface area contributed by atoms with Gasteiger partial charge in [-0.15, -0.1) is 0 Å². The van der Waals surface area contributed by atoms with Gasteiger partial charge in [0, 0.05) is 14.1 Å². The van der Waals surface area contributed by atoms with E-state index < -0.39 is 11.2 Å². The van der Waals surface area contributed by atoms with Gasteiger partial charge in [-0.2, -0.15) is 0 Å². The molecule has 3 aromatic rings. The van der Waals surface area contributed by atoms with Crippen molar-refractivity contribution in [3.63, 3.8) is 0 Å². The van der Waals surface area contributed by atoms with Crippen LogP contribution < -0.4 is 11.2 Å². The lowest BCUT2D eigenvalue weighted by atomic mass is 10.1. The van der Waals surface area contributed by atoms with Crippen molar-refractivity contribution in [2.24, 2.45) is 14.1 Å². The van der Waals surface area contributed by atoms with Crippen LogP contribution in [0.3, 0.4) is 0 Å². The number of carbonyl (C=O) groups is 1. The van der Waals surface area contributed by atoms with Crippen molar-refractivity contribution in [3.8, 4) is 11.3 Å². The molecule has 6 nitrogen and oxygen atoms in total. The molecule has 0 saturated carbocycles. The number of aryl methyl sites for hydroxylation is 1. The van der Waals surface area contributed by atoms with E-state index in [9.17, 15) is 14.4 Å². The van der Waals surface area contributed by atoms with Gasteiger partial charge in [0.1, 0.15) is 5.52 Å². The van der Waals surface area contributed by atoms with E-state index in [1.807, 2.05) is 30.3 Å². The van der Waals surface area contributed by atoms with Crippen LogP contribution in [0.2, 0.25) is 0 Å². The van der Waals surface area contributed by atoms with Crippen LogP contribution in [-0.4, -0.2) is 20.4 Å². The fourth-order valence-corrected chi connectivity index (χ4v) is 2.53. The molecule has 1 N–H and O–H groups in total. The van der Waals surface area contributed by atoms with Crippen LogP contribution in [0.4, 0.5) is 0 Å². The molecule has 21 heavy (non-hydrogen) atoms. The Hall–Kier alpha value is -2.89. The summed E-state index contributed by atoms with van der Waals surface area (Å²) in [6, 6.07) is 9.21. The zero-order valence-corrected chi connectivity index (χ0v) is 11.6. The third-order valence-corrected chi connectivity index (χ3v) is 3.62. The molecule has 0 fully saturated rings. The molecule has 2 aromatic heterocycles. The molecule has 0 aliphatic heterocycles. The smallest absolute Gasteiger partial charge is 0.331 e. The molecular formula is C15H13N3O3. The number of fused-ring (bicyclic) bond motifs is 1. The molecule has 6 heteroatoms. The highest BCUT2D eigenvalue weighted by Gasteiger charge is 2.19. The molecule has 2 heterocycles. The van der Waals surface area contributed by atoms with Crippen molar-refractivity contribution < 1.29 is 4.79 Å². The Morgan fingerprint density at radius 3 is 2.33 bits per heavy atom. The molecule has 0 amide bonds. The van der Waals surface area contributed by atoms with Crippen LogP contribution in [0.15, 0.2) is 39.9 Å². The van der Waals surface area contributed by atoms with E-state index in [-0.39, 0.29) is 5.52 Å². The summed E-state index contributed by atoms with van der Waals surface area (Å²) >= 11 is 0. The first-order valence-electron chi connectivity index (χ1n) is 6.38. The van der Waals surface area contributed by atoms with Crippen LogP contribution in [0.1, 0.15) is 10.4 Å². The Morgan fingerprint density at radius 2 is 1.71 bits per heavy atom. The summed E-state index contributed by atoms with van der Waals surface area (Å²) in [6.07, 6.45) is 0.667. The highest BCUT2D eigenvalue weighted by molar-refractivity contribution is 6.02. The summed E-state index contributed by atoms with van der Waals surface area (Å²) in [5.41, 5.74) is 1.31. The minimum Gasteiger partial charge on any atom is -0.348 e. The number of benzene rings is 1. The summed E-state index contributed by atoms with van der Waals surface area (Å²) < 4.78 is 2.32. The molecule has 106 valence electrons. The van der Waals surface area contributed by atoms with Gasteiger partial charge in [0.2, 0.25) is 0 Å². The Balaban J connectivity index is 2.54. The van der Waals surface area contributed by atoms with Gasteiger partial charge in [0.05, 0.1) is 16.8 Å². The Morgan fingerprint density at radius 1 is 1.05 bits per heavy atom. The standard InChI is InChI=1S/C15H13N3O3/c1-17-13-10(8-19)11(9-6-4-3-5-7-9)16-12(13)14(20)18(2)15(17)21/h3-8,16H,1-2H3. The van der Waals surface area contributed by atoms with Crippen LogP contribution in [0.25, 0.3) is 22.3 Å². The zero-order chi connectivity index (χ0) is 15.1. The largest absolute Gasteiger partial charge is 0.348 e. The predicted octanol–water partition coefficient (Wildman–Crippen LogP) is 1.04. The van der Waals surface area contributed by atoms with Crippen molar-refractivity contribution in [1.82, 2.24) is 14.1 Å². The topological polar surface area (TPSA) is 76.9 Å². The average Bonchev–Trinajstić information content (AvgIpc) is 2.91. The van der Waals surface area contributed by atoms with Gasteiger partial charge in [-0.25, -0.2) is 4.79 Å². The normalized spacial score (nSPS) is 11.0. The Labute approximate surface area is 119 Å². The molecule has 0 atom stereocenters. The van der Waals surface area contributed by atoms with Gasteiger partial charge >= 0.3 is 5.69 Å². The number of nitrogens with one attached hydrogen (secondary N) is 1. The van der Waals surface area contributed by atoms with Crippen molar-refractivity contribution in [2.45, 2.75) is 0 Å². The minimum atomic E-state index is -0.464. The number of aromatic amines is 1. The maximum absolute atomic E-state index is 12.2. The fraction of sp³-hybridized carbons (Fsp3) is 0.133. The van der Waals surface area contributed by atoms with Crippen LogP contribution >= 0.6 is 0 Å². The number of hydrogen-bond acceptors (Lipinski definition) is 3. The van der Waals surface area contributed by atoms with E-state index in [0.29, 0.717) is 23.1 Å². The van der Waals surface area contributed by atoms with Gasteiger partial charge in [-0.3, -0.25) is 18.7 Å². The summed E-state index contributed by atoms with van der Waals surface area (Å²) in [5.74, 6) is 0. The van der Waals surface area contributed by atoms with Gasteiger partial charge in [-0.1, -0.05) is 30.3 Å². The molecule has 0 spiro atoms. The van der Waals surface area contributed by atoms with Gasteiger partial charge < -0.3 is 4.98 Å². The van der Waals surface area contributed by atoms with E-state index in [2.05, 4.69) is 4.98 Å². The lowest BCUT2D eigenvalue weighted by Crippen LogP contribution is -2.37. The van der Waals surface area contributed by atoms with E-state index >= 15 is 0 Å². The monoisotopic (exact) mass is 283 g/mol. The van der Waals surface area contributed by atoms with E-state index in [1.165, 1.54) is 11.6 Å². The number of rotatable bonds is 2. The second-order valence-corrected chi connectivity index (χ2v) is 4.83. The summed E-state index contributed by atoms with van der Waals surface area (Å²) in [6.45, 7) is 0. The second kappa shape index (κ2) is 4.59. The number of aldehydes is 1. The molecule has 0 bridgehead atoms. The highest BCUT2D eigenvalue weighted by Crippen LogP contribution is 2.26. The molecule has 0 saturated heterocycles.